The molecule has 0 aliphatic carbocycles. The predicted molar refractivity (Wildman–Crippen MR) is 85.9 cm³/mol. The van der Waals surface area contributed by atoms with Crippen molar-refractivity contribution >= 4 is 38.3 Å². The Labute approximate surface area is 127 Å². The molecule has 1 aromatic carbocycles. The second kappa shape index (κ2) is 5.17. The van der Waals surface area contributed by atoms with Gasteiger partial charge in [0.1, 0.15) is 0 Å². The summed E-state index contributed by atoms with van der Waals surface area (Å²) in [6.07, 6.45) is 5.30. The molecule has 0 radical (unpaired) electrons. The number of hydrogen-bond donors (Lipinski definition) is 1. The number of rotatable bonds is 2. The van der Waals surface area contributed by atoms with Crippen LogP contribution >= 0.6 is 22.9 Å². The van der Waals surface area contributed by atoms with Crippen molar-refractivity contribution in [2.75, 3.05) is 18.4 Å². The Hall–Kier alpha value is -0.840. The van der Waals surface area contributed by atoms with E-state index in [2.05, 4.69) is 15.2 Å². The Morgan fingerprint density at radius 3 is 3.15 bits per heavy atom. The summed E-state index contributed by atoms with van der Waals surface area (Å²) < 4.78 is 1.17. The molecule has 1 N–H and O–H groups in total. The normalized spacial score (nSPS) is 26.9. The summed E-state index contributed by atoms with van der Waals surface area (Å²) in [5.74, 6) is 0. The third kappa shape index (κ3) is 2.30. The van der Waals surface area contributed by atoms with Gasteiger partial charge in [0.25, 0.3) is 0 Å². The van der Waals surface area contributed by atoms with Gasteiger partial charge in [-0.05, 0) is 44.0 Å². The molecule has 20 heavy (non-hydrogen) atoms. The Kier molecular flexibility index (Phi) is 3.33. The molecule has 5 heteroatoms. The van der Waals surface area contributed by atoms with Gasteiger partial charge in [0, 0.05) is 23.7 Å². The fraction of sp³-hybridized carbons (Fsp3) is 0.533. The molecule has 106 valence electrons. The van der Waals surface area contributed by atoms with Crippen LogP contribution < -0.4 is 5.32 Å². The molecule has 3 heterocycles. The molecule has 0 saturated carbocycles. The van der Waals surface area contributed by atoms with Gasteiger partial charge in [0.05, 0.1) is 10.2 Å². The zero-order chi connectivity index (χ0) is 13.5. The van der Waals surface area contributed by atoms with E-state index in [0.717, 1.165) is 15.7 Å². The molecule has 2 aliphatic heterocycles. The molecule has 2 saturated heterocycles. The van der Waals surface area contributed by atoms with Gasteiger partial charge in [0.2, 0.25) is 0 Å². The van der Waals surface area contributed by atoms with Crippen molar-refractivity contribution < 1.29 is 0 Å². The van der Waals surface area contributed by atoms with Crippen LogP contribution in [0.3, 0.4) is 0 Å². The largest absolute Gasteiger partial charge is 0.357 e. The molecule has 2 aromatic rings. The van der Waals surface area contributed by atoms with E-state index in [1.54, 1.807) is 11.3 Å². The maximum Gasteiger partial charge on any atom is 0.184 e. The van der Waals surface area contributed by atoms with Crippen LogP contribution in [0.25, 0.3) is 10.2 Å². The van der Waals surface area contributed by atoms with Crippen LogP contribution in [0.5, 0.6) is 0 Å². The number of nitrogens with one attached hydrogen (secondary N) is 1. The van der Waals surface area contributed by atoms with Crippen molar-refractivity contribution in [3.63, 3.8) is 0 Å². The lowest BCUT2D eigenvalue weighted by Gasteiger charge is -2.32. The molecule has 0 bridgehead atoms. The molecule has 3 nitrogen and oxygen atoms in total. The van der Waals surface area contributed by atoms with Crippen LogP contribution in [0.2, 0.25) is 5.02 Å². The first-order chi connectivity index (χ1) is 9.79. The third-order valence-corrected chi connectivity index (χ3v) is 5.70. The van der Waals surface area contributed by atoms with E-state index in [9.17, 15) is 0 Å². The van der Waals surface area contributed by atoms with Crippen molar-refractivity contribution in [1.29, 1.82) is 0 Å². The molecule has 0 amide bonds. The van der Waals surface area contributed by atoms with E-state index in [4.69, 9.17) is 11.6 Å². The first-order valence-electron chi connectivity index (χ1n) is 7.36. The Bertz CT molecular complexity index is 627. The van der Waals surface area contributed by atoms with E-state index in [-0.39, 0.29) is 0 Å². The van der Waals surface area contributed by atoms with Gasteiger partial charge in [-0.1, -0.05) is 29.4 Å². The van der Waals surface area contributed by atoms with Crippen LogP contribution in [0.1, 0.15) is 25.7 Å². The van der Waals surface area contributed by atoms with Gasteiger partial charge in [-0.3, -0.25) is 4.90 Å². The minimum absolute atomic E-state index is 0.561. The highest BCUT2D eigenvalue weighted by Gasteiger charge is 2.35. The quantitative estimate of drug-likeness (QED) is 0.909. The van der Waals surface area contributed by atoms with Gasteiger partial charge in [-0.25, -0.2) is 4.98 Å². The number of nitrogens with zero attached hydrogens (tertiary/aromatic N) is 2. The highest BCUT2D eigenvalue weighted by atomic mass is 35.5. The average Bonchev–Trinajstić information content (AvgIpc) is 3.03. The number of aromatic nitrogens is 1. The third-order valence-electron chi connectivity index (χ3n) is 4.52. The smallest absolute Gasteiger partial charge is 0.184 e. The van der Waals surface area contributed by atoms with Gasteiger partial charge in [0.15, 0.2) is 5.13 Å². The lowest BCUT2D eigenvalue weighted by molar-refractivity contribution is 0.193. The number of anilines is 1. The van der Waals surface area contributed by atoms with Crippen molar-refractivity contribution in [2.45, 2.75) is 37.8 Å². The fourth-order valence-corrected chi connectivity index (χ4v) is 4.74. The van der Waals surface area contributed by atoms with E-state index in [1.807, 2.05) is 18.2 Å². The summed E-state index contributed by atoms with van der Waals surface area (Å²) in [5, 5.41) is 5.50. The topological polar surface area (TPSA) is 28.2 Å². The van der Waals surface area contributed by atoms with E-state index in [0.29, 0.717) is 12.1 Å². The van der Waals surface area contributed by atoms with E-state index < -0.39 is 0 Å². The molecule has 2 unspecified atom stereocenters. The van der Waals surface area contributed by atoms with Crippen molar-refractivity contribution in [1.82, 2.24) is 9.88 Å². The van der Waals surface area contributed by atoms with Crippen LogP contribution in [0, 0.1) is 0 Å². The second-order valence-electron chi connectivity index (χ2n) is 5.77. The summed E-state index contributed by atoms with van der Waals surface area (Å²) in [5.41, 5.74) is 1.04. The van der Waals surface area contributed by atoms with Gasteiger partial charge in [-0.15, -0.1) is 0 Å². The Balaban J connectivity index is 1.55. The average molecular weight is 308 g/mol. The molecular formula is C15H18ClN3S. The van der Waals surface area contributed by atoms with Crippen LogP contribution in [0.15, 0.2) is 18.2 Å². The fourth-order valence-electron chi connectivity index (χ4n) is 3.53. The van der Waals surface area contributed by atoms with Gasteiger partial charge < -0.3 is 5.32 Å². The monoisotopic (exact) mass is 307 g/mol. The van der Waals surface area contributed by atoms with Gasteiger partial charge in [-0.2, -0.15) is 0 Å². The lowest BCUT2D eigenvalue weighted by atomic mass is 9.99. The highest BCUT2D eigenvalue weighted by Crippen LogP contribution is 2.33. The lowest BCUT2D eigenvalue weighted by Crippen LogP contribution is -2.41. The second-order valence-corrected chi connectivity index (χ2v) is 7.24. The van der Waals surface area contributed by atoms with Crippen LogP contribution in [-0.4, -0.2) is 35.1 Å². The standard InChI is InChI=1S/C15H18ClN3S/c16-10-4-5-12-14(9-10)20-15(18-12)17-11-6-8-19-7-2-1-3-13(11)19/h4-5,9,11,13H,1-3,6-8H2,(H,17,18). The first kappa shape index (κ1) is 12.9. The molecule has 1 aromatic heterocycles. The number of fused-ring (bicyclic) bond motifs is 2. The maximum absolute atomic E-state index is 6.04. The summed E-state index contributed by atoms with van der Waals surface area (Å²) in [6, 6.07) is 7.18. The molecule has 0 spiro atoms. The number of thiazole rings is 1. The zero-order valence-electron chi connectivity index (χ0n) is 11.3. The summed E-state index contributed by atoms with van der Waals surface area (Å²) in [7, 11) is 0. The van der Waals surface area contributed by atoms with Crippen LogP contribution in [-0.2, 0) is 0 Å². The predicted octanol–water partition coefficient (Wildman–Crippen LogP) is 3.99. The molecular weight excluding hydrogens is 290 g/mol. The number of halogens is 1. The summed E-state index contributed by atoms with van der Waals surface area (Å²) in [6.45, 7) is 2.51. The number of piperidine rings is 1. The van der Waals surface area contributed by atoms with Gasteiger partial charge >= 0.3 is 0 Å². The zero-order valence-corrected chi connectivity index (χ0v) is 12.9. The molecule has 2 aliphatic rings. The molecule has 2 fully saturated rings. The SMILES string of the molecule is Clc1ccc2nc(NC3CCN4CCCCC34)sc2c1. The minimum Gasteiger partial charge on any atom is -0.357 e. The minimum atomic E-state index is 0.561. The van der Waals surface area contributed by atoms with Crippen molar-refractivity contribution in [2.24, 2.45) is 0 Å². The van der Waals surface area contributed by atoms with E-state index >= 15 is 0 Å². The Morgan fingerprint density at radius 1 is 1.25 bits per heavy atom. The van der Waals surface area contributed by atoms with Crippen LogP contribution in [0.4, 0.5) is 5.13 Å². The summed E-state index contributed by atoms with van der Waals surface area (Å²) >= 11 is 7.75. The number of hydrogen-bond acceptors (Lipinski definition) is 4. The number of benzene rings is 1. The van der Waals surface area contributed by atoms with Crippen molar-refractivity contribution in [3.05, 3.63) is 23.2 Å². The first-order valence-corrected chi connectivity index (χ1v) is 8.56. The highest BCUT2D eigenvalue weighted by molar-refractivity contribution is 7.22. The summed E-state index contributed by atoms with van der Waals surface area (Å²) in [4.78, 5) is 7.33. The Morgan fingerprint density at radius 2 is 2.20 bits per heavy atom. The van der Waals surface area contributed by atoms with Crippen molar-refractivity contribution in [3.8, 4) is 0 Å². The molecule has 4 rings (SSSR count). The molecule has 2 atom stereocenters. The maximum atomic E-state index is 6.04. The van der Waals surface area contributed by atoms with E-state index in [1.165, 1.54) is 43.5 Å².